The van der Waals surface area contributed by atoms with Crippen molar-refractivity contribution >= 4 is 39.1 Å². The van der Waals surface area contributed by atoms with E-state index in [-0.39, 0.29) is 17.8 Å². The summed E-state index contributed by atoms with van der Waals surface area (Å²) in [7, 11) is 0. The molecule has 1 amide bonds. The highest BCUT2D eigenvalue weighted by molar-refractivity contribution is 7.21. The van der Waals surface area contributed by atoms with Crippen molar-refractivity contribution in [1.82, 2.24) is 4.98 Å². The summed E-state index contributed by atoms with van der Waals surface area (Å²) < 4.78 is 6.35. The standard InChI is InChI=1S/C21H20N2O3S/c1-12-3-10-17-18(11-12)27-20(23-17)14-6-8-16(9-7-14)22-19(24)13(2)26-21(25)15-4-5-15/h3,6-11,13,15H,4-5H2,1-2H3,(H,22,24)/t13-/m1/s1. The molecular formula is C21H20N2O3S. The Labute approximate surface area is 161 Å². The van der Waals surface area contributed by atoms with Gasteiger partial charge in [0, 0.05) is 11.3 Å². The van der Waals surface area contributed by atoms with Gasteiger partial charge < -0.3 is 10.1 Å². The summed E-state index contributed by atoms with van der Waals surface area (Å²) in [6.45, 7) is 3.66. The number of rotatable bonds is 5. The van der Waals surface area contributed by atoms with Crippen LogP contribution in [-0.2, 0) is 14.3 Å². The van der Waals surface area contributed by atoms with E-state index < -0.39 is 6.10 Å². The van der Waals surface area contributed by atoms with Crippen molar-refractivity contribution in [2.45, 2.75) is 32.8 Å². The zero-order valence-electron chi connectivity index (χ0n) is 15.2. The Hall–Kier alpha value is -2.73. The van der Waals surface area contributed by atoms with Crippen molar-refractivity contribution in [1.29, 1.82) is 0 Å². The Morgan fingerprint density at radius 1 is 1.19 bits per heavy atom. The quantitative estimate of drug-likeness (QED) is 0.659. The SMILES string of the molecule is Cc1ccc2nc(-c3ccc(NC(=O)[C@@H](C)OC(=O)C4CC4)cc3)sc2c1. The first-order valence-corrected chi connectivity index (χ1v) is 9.80. The molecule has 27 heavy (non-hydrogen) atoms. The molecule has 0 spiro atoms. The first kappa shape index (κ1) is 17.7. The lowest BCUT2D eigenvalue weighted by Crippen LogP contribution is -2.30. The third kappa shape index (κ3) is 4.01. The van der Waals surface area contributed by atoms with E-state index in [4.69, 9.17) is 4.74 Å². The number of thiazole rings is 1. The molecule has 0 aliphatic heterocycles. The van der Waals surface area contributed by atoms with Gasteiger partial charge >= 0.3 is 5.97 Å². The molecule has 1 atom stereocenters. The Morgan fingerprint density at radius 3 is 2.63 bits per heavy atom. The first-order chi connectivity index (χ1) is 13.0. The smallest absolute Gasteiger partial charge is 0.309 e. The van der Waals surface area contributed by atoms with Crippen LogP contribution in [0.15, 0.2) is 42.5 Å². The number of ether oxygens (including phenoxy) is 1. The summed E-state index contributed by atoms with van der Waals surface area (Å²) in [6, 6.07) is 13.8. The van der Waals surface area contributed by atoms with E-state index in [0.717, 1.165) is 33.6 Å². The average Bonchev–Trinajstić information content (AvgIpc) is 3.42. The zero-order valence-corrected chi connectivity index (χ0v) is 16.0. The van der Waals surface area contributed by atoms with Crippen LogP contribution >= 0.6 is 11.3 Å². The maximum atomic E-state index is 12.2. The van der Waals surface area contributed by atoms with Crippen LogP contribution in [0.5, 0.6) is 0 Å². The minimum absolute atomic E-state index is 0.0165. The first-order valence-electron chi connectivity index (χ1n) is 8.98. The number of nitrogens with zero attached hydrogens (tertiary/aromatic N) is 1. The predicted molar refractivity (Wildman–Crippen MR) is 107 cm³/mol. The number of hydrogen-bond donors (Lipinski definition) is 1. The molecule has 1 aliphatic rings. The Bertz CT molecular complexity index is 1010. The minimum Gasteiger partial charge on any atom is -0.452 e. The Morgan fingerprint density at radius 2 is 1.93 bits per heavy atom. The van der Waals surface area contributed by atoms with E-state index in [2.05, 4.69) is 29.4 Å². The molecule has 1 aromatic heterocycles. The van der Waals surface area contributed by atoms with Crippen molar-refractivity contribution in [2.24, 2.45) is 5.92 Å². The van der Waals surface area contributed by atoms with Gasteiger partial charge in [-0.15, -0.1) is 11.3 Å². The minimum atomic E-state index is -0.801. The summed E-state index contributed by atoms with van der Waals surface area (Å²) in [4.78, 5) is 28.5. The maximum Gasteiger partial charge on any atom is 0.309 e. The molecule has 3 aromatic rings. The van der Waals surface area contributed by atoms with Crippen molar-refractivity contribution in [3.63, 3.8) is 0 Å². The van der Waals surface area contributed by atoms with E-state index in [1.54, 1.807) is 18.3 Å². The number of aryl methyl sites for hydroxylation is 1. The molecule has 5 nitrogen and oxygen atoms in total. The van der Waals surface area contributed by atoms with Crippen LogP contribution in [-0.4, -0.2) is 23.0 Å². The summed E-state index contributed by atoms with van der Waals surface area (Å²) in [5.41, 5.74) is 3.87. The summed E-state index contributed by atoms with van der Waals surface area (Å²) in [6.07, 6.45) is 0.921. The lowest BCUT2D eigenvalue weighted by atomic mass is 10.2. The van der Waals surface area contributed by atoms with Crippen molar-refractivity contribution in [2.75, 3.05) is 5.32 Å². The van der Waals surface area contributed by atoms with Gasteiger partial charge in [-0.3, -0.25) is 9.59 Å². The molecule has 0 unspecified atom stereocenters. The predicted octanol–water partition coefficient (Wildman–Crippen LogP) is 4.55. The van der Waals surface area contributed by atoms with Gasteiger partial charge in [-0.05, 0) is 68.7 Å². The number of esters is 1. The molecule has 1 fully saturated rings. The second-order valence-electron chi connectivity index (χ2n) is 6.91. The molecule has 0 saturated heterocycles. The second kappa shape index (κ2) is 7.12. The third-order valence-corrected chi connectivity index (χ3v) is 5.58. The lowest BCUT2D eigenvalue weighted by Gasteiger charge is -2.13. The highest BCUT2D eigenvalue weighted by atomic mass is 32.1. The number of carbonyl (C=O) groups is 2. The Kier molecular flexibility index (Phi) is 4.66. The molecule has 6 heteroatoms. The molecule has 1 aliphatic carbocycles. The van der Waals surface area contributed by atoms with Crippen LogP contribution in [0.1, 0.15) is 25.3 Å². The largest absolute Gasteiger partial charge is 0.452 e. The molecule has 138 valence electrons. The fourth-order valence-electron chi connectivity index (χ4n) is 2.74. The van der Waals surface area contributed by atoms with Crippen LogP contribution in [0.3, 0.4) is 0 Å². The number of amides is 1. The van der Waals surface area contributed by atoms with Gasteiger partial charge in [0.2, 0.25) is 0 Å². The molecule has 1 heterocycles. The van der Waals surface area contributed by atoms with Gasteiger partial charge in [-0.25, -0.2) is 4.98 Å². The van der Waals surface area contributed by atoms with E-state index in [0.29, 0.717) is 5.69 Å². The van der Waals surface area contributed by atoms with Crippen molar-refractivity contribution < 1.29 is 14.3 Å². The number of nitrogens with one attached hydrogen (secondary N) is 1. The van der Waals surface area contributed by atoms with Gasteiger partial charge in [-0.1, -0.05) is 6.07 Å². The number of benzene rings is 2. The number of aromatic nitrogens is 1. The van der Waals surface area contributed by atoms with Crippen LogP contribution in [0.2, 0.25) is 0 Å². The number of fused-ring (bicyclic) bond motifs is 1. The molecular weight excluding hydrogens is 360 g/mol. The summed E-state index contributed by atoms with van der Waals surface area (Å²) >= 11 is 1.65. The van der Waals surface area contributed by atoms with Crippen LogP contribution < -0.4 is 5.32 Å². The van der Waals surface area contributed by atoms with Gasteiger partial charge in [0.25, 0.3) is 5.91 Å². The zero-order chi connectivity index (χ0) is 19.0. The number of anilines is 1. The van der Waals surface area contributed by atoms with Crippen LogP contribution in [0.4, 0.5) is 5.69 Å². The number of hydrogen-bond acceptors (Lipinski definition) is 5. The van der Waals surface area contributed by atoms with Gasteiger partial charge in [0.05, 0.1) is 16.1 Å². The molecule has 0 radical (unpaired) electrons. The highest BCUT2D eigenvalue weighted by Gasteiger charge is 2.33. The van der Waals surface area contributed by atoms with Crippen LogP contribution in [0, 0.1) is 12.8 Å². The van der Waals surface area contributed by atoms with E-state index >= 15 is 0 Å². The molecule has 0 bridgehead atoms. The van der Waals surface area contributed by atoms with Crippen molar-refractivity contribution in [3.8, 4) is 10.6 Å². The molecule has 2 aromatic carbocycles. The fraction of sp³-hybridized carbons (Fsp3) is 0.286. The normalized spacial score (nSPS) is 14.7. The number of carbonyl (C=O) groups excluding carboxylic acids is 2. The molecule has 1 saturated carbocycles. The maximum absolute atomic E-state index is 12.2. The van der Waals surface area contributed by atoms with Crippen LogP contribution in [0.25, 0.3) is 20.8 Å². The van der Waals surface area contributed by atoms with Gasteiger partial charge in [0.1, 0.15) is 5.01 Å². The van der Waals surface area contributed by atoms with E-state index in [1.165, 1.54) is 5.56 Å². The summed E-state index contributed by atoms with van der Waals surface area (Å²) in [5, 5.41) is 3.73. The average molecular weight is 380 g/mol. The van der Waals surface area contributed by atoms with E-state index in [9.17, 15) is 9.59 Å². The lowest BCUT2D eigenvalue weighted by molar-refractivity contribution is -0.154. The molecule has 4 rings (SSSR count). The van der Waals surface area contributed by atoms with E-state index in [1.807, 2.05) is 30.3 Å². The highest BCUT2D eigenvalue weighted by Crippen LogP contribution is 2.32. The molecule has 1 N–H and O–H groups in total. The second-order valence-corrected chi connectivity index (χ2v) is 7.94. The fourth-order valence-corrected chi connectivity index (χ4v) is 3.81. The van der Waals surface area contributed by atoms with Crippen molar-refractivity contribution in [3.05, 3.63) is 48.0 Å². The monoisotopic (exact) mass is 380 g/mol. The summed E-state index contributed by atoms with van der Waals surface area (Å²) in [5.74, 6) is -0.622. The van der Waals surface area contributed by atoms with Gasteiger partial charge in [0.15, 0.2) is 6.10 Å². The third-order valence-electron chi connectivity index (χ3n) is 4.52. The Balaban J connectivity index is 1.43. The topological polar surface area (TPSA) is 68.3 Å². The van der Waals surface area contributed by atoms with Gasteiger partial charge in [-0.2, -0.15) is 0 Å².